The molecule has 0 spiro atoms. The summed E-state index contributed by atoms with van der Waals surface area (Å²) in [5, 5.41) is 6.67. The number of amides is 2. The number of anilines is 2. The number of nitrogens with one attached hydrogen (secondary N) is 2. The van der Waals surface area contributed by atoms with E-state index >= 15 is 0 Å². The smallest absolute Gasteiger partial charge is 0.338 e. The number of allylic oxidation sites excluding steroid dienone is 1. The van der Waals surface area contributed by atoms with Gasteiger partial charge in [0.05, 0.1) is 24.4 Å². The Labute approximate surface area is 198 Å². The van der Waals surface area contributed by atoms with E-state index in [4.69, 9.17) is 4.74 Å². The van der Waals surface area contributed by atoms with Crippen molar-refractivity contribution in [3.63, 3.8) is 0 Å². The molecule has 2 aromatic carbocycles. The second-order valence-electron chi connectivity index (χ2n) is 8.18. The summed E-state index contributed by atoms with van der Waals surface area (Å²) in [5.41, 5.74) is 5.89. The van der Waals surface area contributed by atoms with Gasteiger partial charge in [0.15, 0.2) is 5.17 Å². The highest BCUT2D eigenvalue weighted by Gasteiger charge is 2.37. The quantitative estimate of drug-likeness (QED) is 0.605. The van der Waals surface area contributed by atoms with Gasteiger partial charge in [-0.25, -0.2) is 14.6 Å². The van der Waals surface area contributed by atoms with Crippen LogP contribution >= 0.6 is 11.8 Å². The average Bonchev–Trinajstić information content (AvgIpc) is 2.80. The molecular weight excluding hydrogens is 436 g/mol. The predicted molar refractivity (Wildman–Crippen MR) is 134 cm³/mol. The molecule has 4 rings (SSSR count). The molecule has 0 aliphatic carbocycles. The molecule has 2 aliphatic heterocycles. The number of carbonyl (C=O) groups excluding carboxylic acids is 2. The van der Waals surface area contributed by atoms with Gasteiger partial charge in [0.1, 0.15) is 0 Å². The monoisotopic (exact) mass is 464 g/mol. The van der Waals surface area contributed by atoms with Gasteiger partial charge in [0, 0.05) is 23.7 Å². The van der Waals surface area contributed by atoms with E-state index in [1.54, 1.807) is 11.8 Å². The molecule has 0 aromatic heterocycles. The molecule has 1 unspecified atom stereocenters. The van der Waals surface area contributed by atoms with Crippen LogP contribution in [0.1, 0.15) is 36.1 Å². The molecule has 7 nitrogen and oxygen atoms in total. The van der Waals surface area contributed by atoms with Crippen molar-refractivity contribution in [3.05, 3.63) is 70.4 Å². The van der Waals surface area contributed by atoms with Gasteiger partial charge < -0.3 is 20.3 Å². The Morgan fingerprint density at radius 2 is 1.73 bits per heavy atom. The summed E-state index contributed by atoms with van der Waals surface area (Å²) < 4.78 is 5.08. The first-order chi connectivity index (χ1) is 15.9. The number of urea groups is 1. The summed E-state index contributed by atoms with van der Waals surface area (Å²) in [4.78, 5) is 31.9. The van der Waals surface area contributed by atoms with Crippen LogP contribution in [-0.2, 0) is 9.53 Å². The highest BCUT2D eigenvalue weighted by Crippen LogP contribution is 2.40. The Bertz CT molecular complexity index is 1140. The molecule has 2 aliphatic rings. The third kappa shape index (κ3) is 4.90. The molecule has 2 N–H and O–H groups in total. The number of methoxy groups -OCH3 is 1. The molecule has 1 saturated heterocycles. The second kappa shape index (κ2) is 9.70. The summed E-state index contributed by atoms with van der Waals surface area (Å²) in [5.74, 6) is 0.646. The fourth-order valence-corrected chi connectivity index (χ4v) is 5.07. The number of rotatable bonds is 4. The van der Waals surface area contributed by atoms with Gasteiger partial charge in [-0.2, -0.15) is 0 Å². The van der Waals surface area contributed by atoms with E-state index in [1.807, 2.05) is 63.2 Å². The number of aliphatic imine (C=N–C) groups is 1. The first-order valence-electron chi connectivity index (χ1n) is 10.9. The normalized spacial score (nSPS) is 17.8. The number of nitrogens with zero attached hydrogens (tertiary/aromatic N) is 2. The number of hydrogen-bond donors (Lipinski definition) is 2. The van der Waals surface area contributed by atoms with Crippen LogP contribution in [0.15, 0.2) is 58.7 Å². The first-order valence-corrected chi connectivity index (χ1v) is 11.9. The van der Waals surface area contributed by atoms with Crippen molar-refractivity contribution >= 4 is 40.3 Å². The largest absolute Gasteiger partial charge is 0.466 e. The minimum Gasteiger partial charge on any atom is -0.466 e. The van der Waals surface area contributed by atoms with E-state index in [9.17, 15) is 9.59 Å². The molecule has 33 heavy (non-hydrogen) atoms. The number of benzene rings is 2. The maximum absolute atomic E-state index is 12.6. The Kier molecular flexibility index (Phi) is 6.74. The third-order valence-corrected chi connectivity index (χ3v) is 6.99. The lowest BCUT2D eigenvalue weighted by molar-refractivity contribution is -0.136. The molecule has 172 valence electrons. The van der Waals surface area contributed by atoms with E-state index in [0.717, 1.165) is 40.7 Å². The number of amidine groups is 1. The minimum absolute atomic E-state index is 0.267. The number of aryl methyl sites for hydroxylation is 2. The zero-order valence-corrected chi connectivity index (χ0v) is 20.1. The van der Waals surface area contributed by atoms with Gasteiger partial charge in [-0.15, -0.1) is 0 Å². The topological polar surface area (TPSA) is 83.0 Å². The summed E-state index contributed by atoms with van der Waals surface area (Å²) in [6.07, 6.45) is 1.02. The SMILES string of the molecule is COC(=O)C1=C(C)N=C2SCCCN2C1c1ccc(NC(=O)Nc2ccc(C)c(C)c2)cc1. The maximum Gasteiger partial charge on any atom is 0.338 e. The van der Waals surface area contributed by atoms with Crippen LogP contribution < -0.4 is 10.6 Å². The van der Waals surface area contributed by atoms with E-state index < -0.39 is 0 Å². The number of thioether (sulfide) groups is 1. The fraction of sp³-hybridized carbons (Fsp3) is 0.320. The predicted octanol–water partition coefficient (Wildman–Crippen LogP) is 5.24. The Hall–Kier alpha value is -3.26. The van der Waals surface area contributed by atoms with Crippen LogP contribution in [-0.4, -0.2) is 41.5 Å². The van der Waals surface area contributed by atoms with Crippen LogP contribution in [0, 0.1) is 13.8 Å². The van der Waals surface area contributed by atoms with Crippen LogP contribution in [0.5, 0.6) is 0 Å². The summed E-state index contributed by atoms with van der Waals surface area (Å²) in [6, 6.07) is 12.8. The number of fused-ring (bicyclic) bond motifs is 1. The van der Waals surface area contributed by atoms with E-state index in [2.05, 4.69) is 20.5 Å². The molecule has 2 heterocycles. The van der Waals surface area contributed by atoms with Crippen molar-refractivity contribution in [2.45, 2.75) is 33.2 Å². The summed E-state index contributed by atoms with van der Waals surface area (Å²) >= 11 is 1.71. The Balaban J connectivity index is 1.53. The molecular formula is C25H28N4O3S. The second-order valence-corrected chi connectivity index (χ2v) is 9.25. The van der Waals surface area contributed by atoms with E-state index in [0.29, 0.717) is 17.0 Å². The van der Waals surface area contributed by atoms with E-state index in [-0.39, 0.29) is 18.0 Å². The molecule has 2 aromatic rings. The lowest BCUT2D eigenvalue weighted by Crippen LogP contribution is -2.42. The van der Waals surface area contributed by atoms with Crippen LogP contribution in [0.4, 0.5) is 16.2 Å². The van der Waals surface area contributed by atoms with Crippen molar-refractivity contribution in [2.75, 3.05) is 30.0 Å². The third-order valence-electron chi connectivity index (χ3n) is 5.91. The number of ether oxygens (including phenoxy) is 1. The fourth-order valence-electron chi connectivity index (χ4n) is 4.05. The van der Waals surface area contributed by atoms with Crippen molar-refractivity contribution in [3.8, 4) is 0 Å². The van der Waals surface area contributed by atoms with E-state index in [1.165, 1.54) is 12.7 Å². The van der Waals surface area contributed by atoms with Gasteiger partial charge in [0.2, 0.25) is 0 Å². The number of hydrogen-bond acceptors (Lipinski definition) is 6. The Morgan fingerprint density at radius 3 is 2.42 bits per heavy atom. The van der Waals surface area contributed by atoms with Gasteiger partial charge in [-0.05, 0) is 68.1 Å². The summed E-state index contributed by atoms with van der Waals surface area (Å²) in [6.45, 7) is 6.72. The highest BCUT2D eigenvalue weighted by atomic mass is 32.2. The number of carbonyl (C=O) groups is 2. The molecule has 0 radical (unpaired) electrons. The molecule has 8 heteroatoms. The van der Waals surface area contributed by atoms with Crippen LogP contribution in [0.25, 0.3) is 0 Å². The van der Waals surface area contributed by atoms with Crippen molar-refractivity contribution in [1.82, 2.24) is 4.90 Å². The lowest BCUT2D eigenvalue weighted by atomic mass is 9.94. The highest BCUT2D eigenvalue weighted by molar-refractivity contribution is 8.13. The maximum atomic E-state index is 12.6. The lowest BCUT2D eigenvalue weighted by Gasteiger charge is -2.40. The van der Waals surface area contributed by atoms with Gasteiger partial charge in [0.25, 0.3) is 0 Å². The first kappa shape index (κ1) is 22.9. The molecule has 1 fully saturated rings. The summed E-state index contributed by atoms with van der Waals surface area (Å²) in [7, 11) is 1.39. The minimum atomic E-state index is -0.370. The molecule has 1 atom stereocenters. The molecule has 0 saturated carbocycles. The van der Waals surface area contributed by atoms with Crippen LogP contribution in [0.2, 0.25) is 0 Å². The van der Waals surface area contributed by atoms with Gasteiger partial charge in [-0.1, -0.05) is 30.0 Å². The van der Waals surface area contributed by atoms with Crippen molar-refractivity contribution in [1.29, 1.82) is 0 Å². The molecule has 0 bridgehead atoms. The average molecular weight is 465 g/mol. The van der Waals surface area contributed by atoms with Gasteiger partial charge in [-0.3, -0.25) is 0 Å². The van der Waals surface area contributed by atoms with Crippen molar-refractivity contribution in [2.24, 2.45) is 4.99 Å². The standard InChI is InChI=1S/C25H28N4O3S/c1-15-6-9-20(14-16(15)2)28-24(31)27-19-10-7-18(8-11-19)22-21(23(30)32-4)17(3)26-25-29(22)12-5-13-33-25/h6-11,14,22H,5,12-13H2,1-4H3,(H2,27,28,31). The molecule has 2 amide bonds. The zero-order valence-electron chi connectivity index (χ0n) is 19.3. The Morgan fingerprint density at radius 1 is 1.03 bits per heavy atom. The van der Waals surface area contributed by atoms with Crippen LogP contribution in [0.3, 0.4) is 0 Å². The van der Waals surface area contributed by atoms with Gasteiger partial charge >= 0.3 is 12.0 Å². The van der Waals surface area contributed by atoms with Crippen molar-refractivity contribution < 1.29 is 14.3 Å². The zero-order chi connectivity index (χ0) is 23.5. The number of esters is 1.